The molecule has 0 heterocycles. The van der Waals surface area contributed by atoms with Gasteiger partial charge < -0.3 is 15.2 Å². The number of nitrogens with one attached hydrogen (secondary N) is 1. The van der Waals surface area contributed by atoms with Crippen molar-refractivity contribution in [2.24, 2.45) is 0 Å². The van der Waals surface area contributed by atoms with Crippen molar-refractivity contribution >= 4 is 11.9 Å². The van der Waals surface area contributed by atoms with Gasteiger partial charge in [0.2, 0.25) is 0 Å². The number of amides is 1. The summed E-state index contributed by atoms with van der Waals surface area (Å²) >= 11 is 0. The summed E-state index contributed by atoms with van der Waals surface area (Å²) in [4.78, 5) is 23.0. The molecule has 0 aliphatic rings. The van der Waals surface area contributed by atoms with Crippen molar-refractivity contribution in [3.05, 3.63) is 88.7 Å². The van der Waals surface area contributed by atoms with E-state index in [-0.39, 0.29) is 18.5 Å². The lowest BCUT2D eigenvalue weighted by atomic mass is 9.98. The van der Waals surface area contributed by atoms with E-state index in [9.17, 15) is 22.8 Å². The Morgan fingerprint density at radius 2 is 1.70 bits per heavy atom. The van der Waals surface area contributed by atoms with Crippen LogP contribution in [0.3, 0.4) is 0 Å². The van der Waals surface area contributed by atoms with E-state index in [4.69, 9.17) is 9.84 Å². The van der Waals surface area contributed by atoms with Gasteiger partial charge in [0.05, 0.1) is 12.0 Å². The molecule has 0 aliphatic carbocycles. The van der Waals surface area contributed by atoms with Crippen molar-refractivity contribution in [2.45, 2.75) is 64.7 Å². The number of aliphatic carboxylic acids is 1. The number of aryl methyl sites for hydroxylation is 1. The standard InChI is InChI=1S/C31H33F4NO4/c1-3-4-5-6-7-28(26-14-10-22(19-27(26)32)30(39)36-17-16-29(37)38)40-24-13-15-25(20(2)18-24)21-8-11-23(12-9-21)31(33,34)35/h8-15,18-19,28H,3-7,16-17H2,1-2H3,(H,36,39)(H,37,38). The summed E-state index contributed by atoms with van der Waals surface area (Å²) in [6.07, 6.45) is -0.905. The number of carbonyl (C=O) groups is 2. The molecule has 3 aromatic carbocycles. The summed E-state index contributed by atoms with van der Waals surface area (Å²) < 4.78 is 60.3. The Labute approximate surface area is 231 Å². The quantitative estimate of drug-likeness (QED) is 0.164. The Hall–Kier alpha value is -3.88. The molecule has 5 nitrogen and oxygen atoms in total. The average molecular weight is 560 g/mol. The van der Waals surface area contributed by atoms with Crippen LogP contribution in [0.25, 0.3) is 11.1 Å². The lowest BCUT2D eigenvalue weighted by molar-refractivity contribution is -0.138. The van der Waals surface area contributed by atoms with Gasteiger partial charge >= 0.3 is 12.1 Å². The molecule has 1 amide bonds. The summed E-state index contributed by atoms with van der Waals surface area (Å²) in [5, 5.41) is 11.2. The van der Waals surface area contributed by atoms with Gasteiger partial charge in [0.15, 0.2) is 0 Å². The van der Waals surface area contributed by atoms with Crippen LogP contribution >= 0.6 is 0 Å². The van der Waals surface area contributed by atoms with E-state index in [2.05, 4.69) is 12.2 Å². The SMILES string of the molecule is CCCCCCC(Oc1ccc(-c2ccc(C(F)(F)F)cc2)c(C)c1)c1ccc(C(=O)NCCC(=O)O)cc1F. The number of ether oxygens (including phenoxy) is 1. The van der Waals surface area contributed by atoms with Crippen LogP contribution in [0.5, 0.6) is 5.75 Å². The molecule has 2 N–H and O–H groups in total. The lowest BCUT2D eigenvalue weighted by Crippen LogP contribution is -2.26. The molecule has 9 heteroatoms. The summed E-state index contributed by atoms with van der Waals surface area (Å²) in [7, 11) is 0. The zero-order chi connectivity index (χ0) is 29.3. The minimum atomic E-state index is -4.41. The maximum absolute atomic E-state index is 15.2. The number of unbranched alkanes of at least 4 members (excludes halogenated alkanes) is 3. The second-order valence-electron chi connectivity index (χ2n) is 9.64. The summed E-state index contributed by atoms with van der Waals surface area (Å²) in [6.45, 7) is 3.85. The first-order chi connectivity index (χ1) is 19.0. The van der Waals surface area contributed by atoms with E-state index in [1.165, 1.54) is 24.3 Å². The van der Waals surface area contributed by atoms with Crippen molar-refractivity contribution < 1.29 is 37.0 Å². The van der Waals surface area contributed by atoms with Crippen LogP contribution < -0.4 is 10.1 Å². The van der Waals surface area contributed by atoms with Crippen molar-refractivity contribution in [3.8, 4) is 16.9 Å². The van der Waals surface area contributed by atoms with Gasteiger partial charge in [-0.15, -0.1) is 0 Å². The zero-order valence-corrected chi connectivity index (χ0v) is 22.5. The third-order valence-electron chi connectivity index (χ3n) is 6.55. The number of carbonyl (C=O) groups excluding carboxylic acids is 1. The Kier molecular flexibility index (Phi) is 10.7. The van der Waals surface area contributed by atoms with Crippen molar-refractivity contribution in [3.63, 3.8) is 0 Å². The molecule has 3 rings (SSSR count). The average Bonchev–Trinajstić information content (AvgIpc) is 2.90. The van der Waals surface area contributed by atoms with Gasteiger partial charge in [-0.3, -0.25) is 9.59 Å². The molecule has 0 aliphatic heterocycles. The highest BCUT2D eigenvalue weighted by molar-refractivity contribution is 5.94. The number of rotatable bonds is 13. The fraction of sp³-hybridized carbons (Fsp3) is 0.355. The van der Waals surface area contributed by atoms with Gasteiger partial charge in [-0.05, 0) is 72.9 Å². The molecule has 40 heavy (non-hydrogen) atoms. The third kappa shape index (κ3) is 8.56. The first-order valence-electron chi connectivity index (χ1n) is 13.2. The summed E-state index contributed by atoms with van der Waals surface area (Å²) in [5.41, 5.74) is 1.83. The van der Waals surface area contributed by atoms with Crippen LogP contribution in [0, 0.1) is 12.7 Å². The predicted molar refractivity (Wildman–Crippen MR) is 145 cm³/mol. The second kappa shape index (κ2) is 14.0. The number of benzene rings is 3. The van der Waals surface area contributed by atoms with Gasteiger partial charge in [-0.25, -0.2) is 4.39 Å². The monoisotopic (exact) mass is 559 g/mol. The van der Waals surface area contributed by atoms with Crippen LogP contribution in [0.4, 0.5) is 17.6 Å². The molecular weight excluding hydrogens is 526 g/mol. The molecule has 0 spiro atoms. The number of hydrogen-bond donors (Lipinski definition) is 2. The van der Waals surface area contributed by atoms with E-state index < -0.39 is 35.5 Å². The maximum Gasteiger partial charge on any atom is 0.416 e. The minimum Gasteiger partial charge on any atom is -0.486 e. The normalized spacial score (nSPS) is 12.2. The van der Waals surface area contributed by atoms with Gasteiger partial charge in [-0.1, -0.05) is 50.5 Å². The molecule has 1 unspecified atom stereocenters. The molecule has 1 atom stereocenters. The highest BCUT2D eigenvalue weighted by Crippen LogP contribution is 2.34. The van der Waals surface area contributed by atoms with Crippen molar-refractivity contribution in [2.75, 3.05) is 6.54 Å². The number of carboxylic acid groups (broad SMARTS) is 1. The van der Waals surface area contributed by atoms with E-state index in [1.54, 1.807) is 18.2 Å². The van der Waals surface area contributed by atoms with E-state index >= 15 is 4.39 Å². The first kappa shape index (κ1) is 30.7. The number of halogens is 4. The second-order valence-corrected chi connectivity index (χ2v) is 9.64. The largest absolute Gasteiger partial charge is 0.486 e. The number of alkyl halides is 3. The molecule has 0 fully saturated rings. The molecule has 0 aromatic heterocycles. The third-order valence-corrected chi connectivity index (χ3v) is 6.55. The summed E-state index contributed by atoms with van der Waals surface area (Å²) in [5.74, 6) is -1.73. The van der Waals surface area contributed by atoms with E-state index in [0.29, 0.717) is 23.3 Å². The van der Waals surface area contributed by atoms with Crippen LogP contribution in [0.15, 0.2) is 60.7 Å². The fourth-order valence-corrected chi connectivity index (χ4v) is 4.39. The molecule has 0 bridgehead atoms. The molecule has 0 saturated carbocycles. The predicted octanol–water partition coefficient (Wildman–Crippen LogP) is 8.11. The molecule has 214 valence electrons. The Bertz CT molecular complexity index is 1310. The van der Waals surface area contributed by atoms with Gasteiger partial charge in [0.1, 0.15) is 17.7 Å². The molecule has 0 radical (unpaired) electrons. The topological polar surface area (TPSA) is 75.6 Å². The van der Waals surface area contributed by atoms with E-state index in [0.717, 1.165) is 55.0 Å². The number of hydrogen-bond acceptors (Lipinski definition) is 3. The van der Waals surface area contributed by atoms with Crippen LogP contribution in [0.2, 0.25) is 0 Å². The van der Waals surface area contributed by atoms with Gasteiger partial charge in [0, 0.05) is 17.7 Å². The summed E-state index contributed by atoms with van der Waals surface area (Å²) in [6, 6.07) is 14.3. The zero-order valence-electron chi connectivity index (χ0n) is 22.5. The highest BCUT2D eigenvalue weighted by atomic mass is 19.4. The molecule has 3 aromatic rings. The van der Waals surface area contributed by atoms with Crippen LogP contribution in [-0.2, 0) is 11.0 Å². The van der Waals surface area contributed by atoms with Crippen LogP contribution in [0.1, 0.15) is 78.6 Å². The highest BCUT2D eigenvalue weighted by Gasteiger charge is 2.30. The fourth-order valence-electron chi connectivity index (χ4n) is 4.39. The van der Waals surface area contributed by atoms with Crippen LogP contribution in [-0.4, -0.2) is 23.5 Å². The van der Waals surface area contributed by atoms with Crippen molar-refractivity contribution in [1.82, 2.24) is 5.32 Å². The number of carboxylic acids is 1. The Morgan fingerprint density at radius 1 is 0.975 bits per heavy atom. The van der Waals surface area contributed by atoms with Gasteiger partial charge in [-0.2, -0.15) is 13.2 Å². The lowest BCUT2D eigenvalue weighted by Gasteiger charge is -2.21. The van der Waals surface area contributed by atoms with Gasteiger partial charge in [0.25, 0.3) is 5.91 Å². The maximum atomic E-state index is 15.2. The Balaban J connectivity index is 1.80. The Morgan fingerprint density at radius 3 is 2.30 bits per heavy atom. The smallest absolute Gasteiger partial charge is 0.416 e. The molecular formula is C31H33F4NO4. The first-order valence-corrected chi connectivity index (χ1v) is 13.2. The molecule has 0 saturated heterocycles. The van der Waals surface area contributed by atoms with E-state index in [1.807, 2.05) is 6.92 Å². The van der Waals surface area contributed by atoms with Crippen molar-refractivity contribution in [1.29, 1.82) is 0 Å². The minimum absolute atomic E-state index is 0.0669.